The molecule has 1 aliphatic rings. The number of para-hydroxylation sites is 1. The molecule has 2 rings (SSSR count). The first-order valence-corrected chi connectivity index (χ1v) is 7.87. The number of halogens is 1. The van der Waals surface area contributed by atoms with E-state index in [-0.39, 0.29) is 5.91 Å². The Morgan fingerprint density at radius 3 is 2.95 bits per heavy atom. The van der Waals surface area contributed by atoms with Gasteiger partial charge in [0.1, 0.15) is 0 Å². The second-order valence-corrected chi connectivity index (χ2v) is 5.94. The quantitative estimate of drug-likeness (QED) is 0.877. The zero-order chi connectivity index (χ0) is 15.1. The third-order valence-electron chi connectivity index (χ3n) is 3.66. The van der Waals surface area contributed by atoms with Crippen LogP contribution in [0.25, 0.3) is 0 Å². The maximum Gasteiger partial charge on any atom is 0.225 e. The summed E-state index contributed by atoms with van der Waals surface area (Å²) in [5, 5.41) is 3.41. The minimum Gasteiger partial charge on any atom is -0.377 e. The lowest BCUT2D eigenvalue weighted by Crippen LogP contribution is -2.35. The van der Waals surface area contributed by atoms with Crippen molar-refractivity contribution in [2.75, 3.05) is 32.1 Å². The summed E-state index contributed by atoms with van der Waals surface area (Å²) in [6.07, 6.45) is 4.30. The van der Waals surface area contributed by atoms with Crippen molar-refractivity contribution in [3.05, 3.63) is 29.3 Å². The molecule has 1 saturated heterocycles. The number of amides is 1. The van der Waals surface area contributed by atoms with Crippen LogP contribution in [0.15, 0.2) is 24.3 Å². The van der Waals surface area contributed by atoms with Gasteiger partial charge in [0.15, 0.2) is 0 Å². The first-order valence-electron chi connectivity index (χ1n) is 7.49. The lowest BCUT2D eigenvalue weighted by Gasteiger charge is -2.27. The Kier molecular flexibility index (Phi) is 6.49. The van der Waals surface area contributed by atoms with Gasteiger partial charge >= 0.3 is 0 Å². The number of hydrogen-bond acceptors (Lipinski definition) is 3. The number of nitrogens with zero attached hydrogens (tertiary/aromatic N) is 1. The third kappa shape index (κ3) is 5.65. The fraction of sp³-hybridized carbons (Fsp3) is 0.562. The largest absolute Gasteiger partial charge is 0.377 e. The van der Waals surface area contributed by atoms with Gasteiger partial charge in [0, 0.05) is 26.1 Å². The average Bonchev–Trinajstić information content (AvgIpc) is 2.49. The second kappa shape index (κ2) is 8.37. The SMILES string of the molecule is CN(CCC(=O)Nc1ccccc1Cl)CC1CCCCO1. The van der Waals surface area contributed by atoms with Crippen molar-refractivity contribution < 1.29 is 9.53 Å². The molecule has 1 N–H and O–H groups in total. The molecule has 0 spiro atoms. The molecule has 1 aliphatic heterocycles. The Balaban J connectivity index is 1.69. The van der Waals surface area contributed by atoms with E-state index in [1.54, 1.807) is 12.1 Å². The van der Waals surface area contributed by atoms with Crippen LogP contribution in [0.1, 0.15) is 25.7 Å². The van der Waals surface area contributed by atoms with Crippen LogP contribution in [0, 0.1) is 0 Å². The van der Waals surface area contributed by atoms with Crippen LogP contribution in [-0.2, 0) is 9.53 Å². The van der Waals surface area contributed by atoms with Gasteiger partial charge < -0.3 is 15.0 Å². The molecule has 0 saturated carbocycles. The van der Waals surface area contributed by atoms with Gasteiger partial charge in [-0.3, -0.25) is 4.79 Å². The number of nitrogens with one attached hydrogen (secondary N) is 1. The number of likely N-dealkylation sites (N-methyl/N-ethyl adjacent to an activating group) is 1. The Hall–Kier alpha value is -1.10. The van der Waals surface area contributed by atoms with E-state index in [0.29, 0.717) is 23.2 Å². The van der Waals surface area contributed by atoms with Gasteiger partial charge in [-0.05, 0) is 38.4 Å². The number of carbonyl (C=O) groups is 1. The number of ether oxygens (including phenoxy) is 1. The van der Waals surface area contributed by atoms with Crippen molar-refractivity contribution in [1.29, 1.82) is 0 Å². The van der Waals surface area contributed by atoms with E-state index in [1.165, 1.54) is 12.8 Å². The Morgan fingerprint density at radius 2 is 2.24 bits per heavy atom. The van der Waals surface area contributed by atoms with Crippen LogP contribution in [0.2, 0.25) is 5.02 Å². The normalized spacial score (nSPS) is 18.7. The molecule has 5 heteroatoms. The van der Waals surface area contributed by atoms with E-state index in [0.717, 1.165) is 26.1 Å². The standard InChI is InChI=1S/C16H23ClN2O2/c1-19(12-13-6-4-5-11-21-13)10-9-16(20)18-15-8-3-2-7-14(15)17/h2-3,7-8,13H,4-6,9-12H2,1H3,(H,18,20). The molecule has 0 aromatic heterocycles. The summed E-state index contributed by atoms with van der Waals surface area (Å²) in [5.41, 5.74) is 0.669. The summed E-state index contributed by atoms with van der Waals surface area (Å²) in [5.74, 6) is -0.0143. The Bertz CT molecular complexity index is 461. The smallest absolute Gasteiger partial charge is 0.225 e. The highest BCUT2D eigenvalue weighted by molar-refractivity contribution is 6.33. The van der Waals surface area contributed by atoms with Crippen LogP contribution in [0.3, 0.4) is 0 Å². The minimum atomic E-state index is -0.0143. The lowest BCUT2D eigenvalue weighted by molar-refractivity contribution is -0.116. The van der Waals surface area contributed by atoms with Gasteiger partial charge in [-0.25, -0.2) is 0 Å². The van der Waals surface area contributed by atoms with Gasteiger partial charge in [-0.1, -0.05) is 23.7 Å². The van der Waals surface area contributed by atoms with E-state index in [2.05, 4.69) is 10.2 Å². The summed E-state index contributed by atoms with van der Waals surface area (Å²) in [7, 11) is 2.03. The average molecular weight is 311 g/mol. The Labute approximate surface area is 131 Å². The molecular weight excluding hydrogens is 288 g/mol. The maximum atomic E-state index is 11.9. The van der Waals surface area contributed by atoms with Gasteiger partial charge in [-0.2, -0.15) is 0 Å². The van der Waals surface area contributed by atoms with Gasteiger partial charge in [0.2, 0.25) is 5.91 Å². The maximum absolute atomic E-state index is 11.9. The number of rotatable bonds is 6. The van der Waals surface area contributed by atoms with Crippen molar-refractivity contribution in [2.24, 2.45) is 0 Å². The monoisotopic (exact) mass is 310 g/mol. The predicted molar refractivity (Wildman–Crippen MR) is 85.8 cm³/mol. The molecule has 1 aromatic carbocycles. The fourth-order valence-electron chi connectivity index (χ4n) is 2.46. The molecule has 1 fully saturated rings. The molecule has 0 radical (unpaired) electrons. The van der Waals surface area contributed by atoms with Gasteiger partial charge in [0.25, 0.3) is 0 Å². The number of carbonyl (C=O) groups excluding carboxylic acids is 1. The Morgan fingerprint density at radius 1 is 1.43 bits per heavy atom. The van der Waals surface area contributed by atoms with Crippen molar-refractivity contribution in [1.82, 2.24) is 4.90 Å². The van der Waals surface area contributed by atoms with Crippen molar-refractivity contribution >= 4 is 23.2 Å². The summed E-state index contributed by atoms with van der Waals surface area (Å²) < 4.78 is 5.71. The van der Waals surface area contributed by atoms with Gasteiger partial charge in [-0.15, -0.1) is 0 Å². The van der Waals surface area contributed by atoms with Crippen LogP contribution in [0.5, 0.6) is 0 Å². The summed E-state index contributed by atoms with van der Waals surface area (Å²) in [4.78, 5) is 14.1. The van der Waals surface area contributed by atoms with E-state index < -0.39 is 0 Å². The molecule has 1 unspecified atom stereocenters. The molecule has 116 valence electrons. The first kappa shape index (κ1) is 16.3. The summed E-state index contributed by atoms with van der Waals surface area (Å²) in [6.45, 7) is 2.47. The molecule has 1 aromatic rings. The van der Waals surface area contributed by atoms with Crippen LogP contribution in [0.4, 0.5) is 5.69 Å². The summed E-state index contributed by atoms with van der Waals surface area (Å²) >= 11 is 6.02. The molecular formula is C16H23ClN2O2. The molecule has 1 heterocycles. The molecule has 1 atom stereocenters. The van der Waals surface area contributed by atoms with Crippen LogP contribution in [-0.4, -0.2) is 43.7 Å². The minimum absolute atomic E-state index is 0.0143. The van der Waals surface area contributed by atoms with Crippen molar-refractivity contribution in [3.8, 4) is 0 Å². The van der Waals surface area contributed by atoms with Crippen LogP contribution < -0.4 is 5.32 Å². The zero-order valence-corrected chi connectivity index (χ0v) is 13.2. The lowest BCUT2D eigenvalue weighted by atomic mass is 10.1. The topological polar surface area (TPSA) is 41.6 Å². The highest BCUT2D eigenvalue weighted by Crippen LogP contribution is 2.20. The molecule has 4 nitrogen and oxygen atoms in total. The molecule has 0 bridgehead atoms. The highest BCUT2D eigenvalue weighted by atomic mass is 35.5. The van der Waals surface area contributed by atoms with Crippen molar-refractivity contribution in [2.45, 2.75) is 31.8 Å². The zero-order valence-electron chi connectivity index (χ0n) is 12.5. The third-order valence-corrected chi connectivity index (χ3v) is 3.99. The van der Waals surface area contributed by atoms with E-state index in [9.17, 15) is 4.79 Å². The van der Waals surface area contributed by atoms with Gasteiger partial charge in [0.05, 0.1) is 16.8 Å². The highest BCUT2D eigenvalue weighted by Gasteiger charge is 2.16. The fourth-order valence-corrected chi connectivity index (χ4v) is 2.64. The molecule has 21 heavy (non-hydrogen) atoms. The number of hydrogen-bond donors (Lipinski definition) is 1. The molecule has 1 amide bonds. The van der Waals surface area contributed by atoms with E-state index in [4.69, 9.17) is 16.3 Å². The first-order chi connectivity index (χ1) is 10.1. The van der Waals surface area contributed by atoms with E-state index in [1.807, 2.05) is 19.2 Å². The number of benzene rings is 1. The number of anilines is 1. The predicted octanol–water partition coefficient (Wildman–Crippen LogP) is 3.17. The summed E-state index contributed by atoms with van der Waals surface area (Å²) in [6, 6.07) is 7.27. The van der Waals surface area contributed by atoms with Crippen molar-refractivity contribution in [3.63, 3.8) is 0 Å². The second-order valence-electron chi connectivity index (χ2n) is 5.53. The van der Waals surface area contributed by atoms with E-state index >= 15 is 0 Å². The molecule has 0 aliphatic carbocycles. The van der Waals surface area contributed by atoms with Crippen LogP contribution >= 0.6 is 11.6 Å².